The van der Waals surface area contributed by atoms with Crippen molar-refractivity contribution in [3.63, 3.8) is 0 Å². The largest absolute Gasteiger partial charge is 0.0883 e. The van der Waals surface area contributed by atoms with Crippen LogP contribution in [0.4, 0.5) is 0 Å². The first-order valence-electron chi connectivity index (χ1n) is 6.92. The number of rotatable bonds is 1. The third-order valence-electron chi connectivity index (χ3n) is 3.15. The van der Waals surface area contributed by atoms with Crippen molar-refractivity contribution in [2.24, 2.45) is 11.8 Å². The Bertz CT molecular complexity index is 146. The van der Waals surface area contributed by atoms with Gasteiger partial charge in [0.2, 0.25) is 0 Å². The van der Waals surface area contributed by atoms with Crippen LogP contribution in [0.25, 0.3) is 0 Å². The van der Waals surface area contributed by atoms with E-state index >= 15 is 0 Å². The molecule has 0 aromatic rings. The second kappa shape index (κ2) is 10.3. The average Bonchev–Trinajstić information content (AvgIpc) is 2.31. The monoisotopic (exact) mass is 210 g/mol. The highest BCUT2D eigenvalue weighted by molar-refractivity contribution is 4.90. The van der Waals surface area contributed by atoms with Crippen LogP contribution in [0.15, 0.2) is 12.2 Å². The molecule has 0 aliphatic heterocycles. The normalized spacial score (nSPS) is 29.1. The van der Waals surface area contributed by atoms with Crippen LogP contribution in [-0.2, 0) is 0 Å². The zero-order chi connectivity index (χ0) is 11.5. The Kier molecular flexibility index (Phi) is 10.1. The third kappa shape index (κ3) is 7.64. The fourth-order valence-corrected chi connectivity index (χ4v) is 2.15. The topological polar surface area (TPSA) is 0 Å². The van der Waals surface area contributed by atoms with Gasteiger partial charge in [-0.25, -0.2) is 0 Å². The molecule has 0 spiro atoms. The van der Waals surface area contributed by atoms with Crippen LogP contribution in [0.3, 0.4) is 0 Å². The summed E-state index contributed by atoms with van der Waals surface area (Å²) in [7, 11) is 0. The summed E-state index contributed by atoms with van der Waals surface area (Å²) in [4.78, 5) is 0. The molecule has 0 heteroatoms. The van der Waals surface area contributed by atoms with Crippen molar-refractivity contribution in [2.45, 2.75) is 72.6 Å². The molecule has 1 aliphatic carbocycles. The highest BCUT2D eigenvalue weighted by Crippen LogP contribution is 2.25. The molecule has 0 aromatic carbocycles. The second-order valence-electron chi connectivity index (χ2n) is 4.80. The lowest BCUT2D eigenvalue weighted by Crippen LogP contribution is -2.07. The Hall–Kier alpha value is -0.260. The third-order valence-corrected chi connectivity index (χ3v) is 3.15. The summed E-state index contributed by atoms with van der Waals surface area (Å²) >= 11 is 0. The van der Waals surface area contributed by atoms with Gasteiger partial charge < -0.3 is 0 Å². The van der Waals surface area contributed by atoms with Crippen LogP contribution in [0, 0.1) is 11.8 Å². The first-order valence-corrected chi connectivity index (χ1v) is 6.92. The molecule has 0 fully saturated rings. The van der Waals surface area contributed by atoms with Gasteiger partial charge in [0, 0.05) is 0 Å². The molecule has 2 atom stereocenters. The fraction of sp³-hybridized carbons (Fsp3) is 0.867. The van der Waals surface area contributed by atoms with Gasteiger partial charge in [0.25, 0.3) is 0 Å². The summed E-state index contributed by atoms with van der Waals surface area (Å²) in [6.45, 7) is 8.95. The number of hydrogen-bond acceptors (Lipinski definition) is 0. The van der Waals surface area contributed by atoms with Gasteiger partial charge in [-0.1, -0.05) is 65.5 Å². The maximum Gasteiger partial charge on any atom is -0.0234 e. The second-order valence-corrected chi connectivity index (χ2v) is 4.80. The Morgan fingerprint density at radius 2 is 1.73 bits per heavy atom. The smallest absolute Gasteiger partial charge is 0.0234 e. The van der Waals surface area contributed by atoms with Gasteiger partial charge in [-0.15, -0.1) is 0 Å². The molecule has 1 rings (SSSR count). The highest BCUT2D eigenvalue weighted by Gasteiger charge is 2.12. The molecule has 0 amide bonds. The van der Waals surface area contributed by atoms with Gasteiger partial charge in [-0.05, 0) is 31.1 Å². The molecule has 90 valence electrons. The van der Waals surface area contributed by atoms with Crippen LogP contribution in [-0.4, -0.2) is 0 Å². The SMILES string of the molecule is CCC.CCC1CCCCC/C=C\C1C. The van der Waals surface area contributed by atoms with E-state index in [1.807, 2.05) is 0 Å². The Labute approximate surface area is 97.2 Å². The van der Waals surface area contributed by atoms with E-state index in [-0.39, 0.29) is 0 Å². The predicted octanol–water partition coefficient (Wildman–Crippen LogP) is 5.59. The zero-order valence-electron chi connectivity index (χ0n) is 11.3. The van der Waals surface area contributed by atoms with Gasteiger partial charge in [0.15, 0.2) is 0 Å². The molecule has 0 radical (unpaired) electrons. The maximum absolute atomic E-state index is 2.43. The van der Waals surface area contributed by atoms with Crippen LogP contribution >= 0.6 is 0 Å². The lowest BCUT2D eigenvalue weighted by molar-refractivity contribution is 0.367. The number of allylic oxidation sites excluding steroid dienone is 2. The van der Waals surface area contributed by atoms with Gasteiger partial charge in [0.05, 0.1) is 0 Å². The first-order chi connectivity index (χ1) is 7.26. The molecule has 0 aromatic heterocycles. The summed E-state index contributed by atoms with van der Waals surface area (Å²) < 4.78 is 0. The predicted molar refractivity (Wildman–Crippen MR) is 71.1 cm³/mol. The van der Waals surface area contributed by atoms with Crippen molar-refractivity contribution >= 4 is 0 Å². The standard InChI is InChI=1S/C12H22.C3H8/c1-3-12-10-8-6-4-5-7-9-11(12)2;1-3-2/h7,9,11-12H,3-6,8,10H2,1-2H3;3H2,1-2H3/b9-7-;. The summed E-state index contributed by atoms with van der Waals surface area (Å²) in [5, 5.41) is 0. The van der Waals surface area contributed by atoms with E-state index < -0.39 is 0 Å². The Morgan fingerprint density at radius 3 is 2.33 bits per heavy atom. The van der Waals surface area contributed by atoms with Crippen molar-refractivity contribution in [3.8, 4) is 0 Å². The molecule has 15 heavy (non-hydrogen) atoms. The van der Waals surface area contributed by atoms with E-state index in [9.17, 15) is 0 Å². The highest BCUT2D eigenvalue weighted by atomic mass is 14.2. The molecule has 0 saturated heterocycles. The molecule has 0 nitrogen and oxygen atoms in total. The minimum absolute atomic E-state index is 0.813. The molecule has 0 saturated carbocycles. The average molecular weight is 210 g/mol. The molecular formula is C15H30. The summed E-state index contributed by atoms with van der Waals surface area (Å²) in [6, 6.07) is 0. The lowest BCUT2D eigenvalue weighted by atomic mass is 9.87. The molecule has 0 N–H and O–H groups in total. The van der Waals surface area contributed by atoms with Crippen LogP contribution < -0.4 is 0 Å². The minimum atomic E-state index is 0.813. The van der Waals surface area contributed by atoms with Crippen LogP contribution in [0.2, 0.25) is 0 Å². The van der Waals surface area contributed by atoms with Crippen molar-refractivity contribution < 1.29 is 0 Å². The van der Waals surface area contributed by atoms with E-state index in [1.165, 1.54) is 44.9 Å². The van der Waals surface area contributed by atoms with Crippen molar-refractivity contribution in [2.75, 3.05) is 0 Å². The van der Waals surface area contributed by atoms with Crippen LogP contribution in [0.1, 0.15) is 72.6 Å². The van der Waals surface area contributed by atoms with Gasteiger partial charge in [-0.3, -0.25) is 0 Å². The molecule has 0 bridgehead atoms. The number of hydrogen-bond donors (Lipinski definition) is 0. The van der Waals surface area contributed by atoms with E-state index in [0.717, 1.165) is 11.8 Å². The fourth-order valence-electron chi connectivity index (χ4n) is 2.15. The molecule has 1 aliphatic rings. The molecule has 0 heterocycles. The van der Waals surface area contributed by atoms with Crippen molar-refractivity contribution in [3.05, 3.63) is 12.2 Å². The summed E-state index contributed by atoms with van der Waals surface area (Å²) in [5.74, 6) is 1.76. The Morgan fingerprint density at radius 1 is 1.07 bits per heavy atom. The first kappa shape index (κ1) is 14.7. The van der Waals surface area contributed by atoms with E-state index in [0.29, 0.717) is 0 Å². The lowest BCUT2D eigenvalue weighted by Gasteiger charge is -2.18. The minimum Gasteiger partial charge on any atom is -0.0883 e. The maximum atomic E-state index is 2.43. The van der Waals surface area contributed by atoms with Crippen LogP contribution in [0.5, 0.6) is 0 Å². The van der Waals surface area contributed by atoms with E-state index in [4.69, 9.17) is 0 Å². The van der Waals surface area contributed by atoms with Gasteiger partial charge in [-0.2, -0.15) is 0 Å². The van der Waals surface area contributed by atoms with Gasteiger partial charge >= 0.3 is 0 Å². The molecule has 2 unspecified atom stereocenters. The summed E-state index contributed by atoms with van der Waals surface area (Å²) in [6.07, 6.45) is 14.5. The van der Waals surface area contributed by atoms with E-state index in [2.05, 4.69) is 39.8 Å². The zero-order valence-corrected chi connectivity index (χ0v) is 11.3. The quantitative estimate of drug-likeness (QED) is 0.495. The van der Waals surface area contributed by atoms with Gasteiger partial charge in [0.1, 0.15) is 0 Å². The van der Waals surface area contributed by atoms with Crippen molar-refractivity contribution in [1.82, 2.24) is 0 Å². The van der Waals surface area contributed by atoms with E-state index in [1.54, 1.807) is 0 Å². The Balaban J connectivity index is 0.000000583. The summed E-state index contributed by atoms with van der Waals surface area (Å²) in [5.41, 5.74) is 0. The molecular weight excluding hydrogens is 180 g/mol. The van der Waals surface area contributed by atoms with Crippen molar-refractivity contribution in [1.29, 1.82) is 0 Å².